The predicted molar refractivity (Wildman–Crippen MR) is 75.6 cm³/mol. The molecule has 3 N–H and O–H groups in total. The van der Waals surface area contributed by atoms with Crippen LogP contribution in [-0.4, -0.2) is 10.1 Å². The van der Waals surface area contributed by atoms with Crippen molar-refractivity contribution in [3.05, 3.63) is 47.4 Å². The highest BCUT2D eigenvalue weighted by Crippen LogP contribution is 2.38. The number of nitrogens with zero attached hydrogens (tertiary/aromatic N) is 2. The molecular formula is C15H19FN4O. The molecule has 0 atom stereocenters. The second kappa shape index (κ2) is 5.91. The van der Waals surface area contributed by atoms with Crippen LogP contribution in [0.15, 0.2) is 28.8 Å². The van der Waals surface area contributed by atoms with E-state index in [4.69, 9.17) is 10.3 Å². The number of benzene rings is 1. The van der Waals surface area contributed by atoms with Crippen LogP contribution < -0.4 is 11.1 Å². The molecule has 3 rings (SSSR count). The van der Waals surface area contributed by atoms with Crippen molar-refractivity contribution in [1.82, 2.24) is 15.5 Å². The number of nitrogens with two attached hydrogens (primary N) is 1. The lowest BCUT2D eigenvalue weighted by molar-refractivity contribution is 0.326. The zero-order valence-corrected chi connectivity index (χ0v) is 11.8. The van der Waals surface area contributed by atoms with Gasteiger partial charge in [-0.1, -0.05) is 30.1 Å². The van der Waals surface area contributed by atoms with E-state index >= 15 is 0 Å². The Balaban J connectivity index is 1.76. The molecule has 1 aliphatic carbocycles. The molecule has 1 saturated carbocycles. The van der Waals surface area contributed by atoms with Crippen LogP contribution in [0.4, 0.5) is 4.39 Å². The second-order valence-corrected chi connectivity index (χ2v) is 5.46. The van der Waals surface area contributed by atoms with Gasteiger partial charge in [0.05, 0.1) is 13.1 Å². The molecule has 0 amide bonds. The maximum absolute atomic E-state index is 13.1. The number of rotatable bonds is 5. The van der Waals surface area contributed by atoms with Gasteiger partial charge in [0.2, 0.25) is 5.89 Å². The summed E-state index contributed by atoms with van der Waals surface area (Å²) < 4.78 is 18.1. The molecule has 0 aliphatic heterocycles. The first kappa shape index (κ1) is 14.2. The van der Waals surface area contributed by atoms with Gasteiger partial charge in [-0.2, -0.15) is 4.98 Å². The molecule has 0 unspecified atom stereocenters. The van der Waals surface area contributed by atoms with Gasteiger partial charge in [0, 0.05) is 5.54 Å². The molecule has 112 valence electrons. The Bertz CT molecular complexity index is 590. The van der Waals surface area contributed by atoms with Crippen LogP contribution >= 0.6 is 0 Å². The molecule has 0 bridgehead atoms. The van der Waals surface area contributed by atoms with Gasteiger partial charge >= 0.3 is 0 Å². The highest BCUT2D eigenvalue weighted by Gasteiger charge is 2.35. The lowest BCUT2D eigenvalue weighted by atomic mass is 9.88. The van der Waals surface area contributed by atoms with Gasteiger partial charge in [-0.25, -0.2) is 4.39 Å². The number of hydrogen-bond acceptors (Lipinski definition) is 5. The van der Waals surface area contributed by atoms with Crippen LogP contribution in [0.25, 0.3) is 0 Å². The summed E-state index contributed by atoms with van der Waals surface area (Å²) in [5, 5.41) is 7.43. The molecule has 1 heterocycles. The largest absolute Gasteiger partial charge is 0.338 e. The van der Waals surface area contributed by atoms with Gasteiger partial charge < -0.3 is 15.6 Å². The van der Waals surface area contributed by atoms with Crippen LogP contribution in [0.2, 0.25) is 0 Å². The summed E-state index contributed by atoms with van der Waals surface area (Å²) in [5.41, 5.74) is 6.45. The highest BCUT2D eigenvalue weighted by atomic mass is 19.1. The lowest BCUT2D eigenvalue weighted by Gasteiger charge is -2.30. The van der Waals surface area contributed by atoms with Gasteiger partial charge in [0.1, 0.15) is 5.82 Å². The average molecular weight is 290 g/mol. The summed E-state index contributed by atoms with van der Waals surface area (Å²) in [6.45, 7) is 0.761. The molecule has 1 aromatic heterocycles. The Labute approximate surface area is 122 Å². The van der Waals surface area contributed by atoms with Crippen molar-refractivity contribution < 1.29 is 8.91 Å². The Kier molecular flexibility index (Phi) is 3.98. The van der Waals surface area contributed by atoms with Crippen molar-refractivity contribution in [3.63, 3.8) is 0 Å². The molecule has 1 aliphatic rings. The minimum atomic E-state index is -0.211. The van der Waals surface area contributed by atoms with E-state index in [1.807, 2.05) is 12.1 Å². The van der Waals surface area contributed by atoms with E-state index in [0.717, 1.165) is 31.2 Å². The van der Waals surface area contributed by atoms with E-state index in [1.54, 1.807) is 0 Å². The monoisotopic (exact) mass is 290 g/mol. The van der Waals surface area contributed by atoms with Crippen LogP contribution in [-0.2, 0) is 18.6 Å². The van der Waals surface area contributed by atoms with E-state index in [9.17, 15) is 4.39 Å². The topological polar surface area (TPSA) is 77.0 Å². The van der Waals surface area contributed by atoms with Crippen molar-refractivity contribution in [2.75, 3.05) is 0 Å². The number of aromatic nitrogens is 2. The Morgan fingerprint density at radius 2 is 1.95 bits per heavy atom. The van der Waals surface area contributed by atoms with Crippen molar-refractivity contribution in [2.24, 2.45) is 5.73 Å². The van der Waals surface area contributed by atoms with Crippen LogP contribution in [0.3, 0.4) is 0 Å². The van der Waals surface area contributed by atoms with Gasteiger partial charge in [-0.3, -0.25) is 0 Å². The molecule has 0 radical (unpaired) electrons. The first-order chi connectivity index (χ1) is 10.2. The first-order valence-corrected chi connectivity index (χ1v) is 7.24. The number of hydrogen-bond donors (Lipinski definition) is 2. The summed E-state index contributed by atoms with van der Waals surface area (Å²) in [6.07, 6.45) is 4.37. The van der Waals surface area contributed by atoms with E-state index in [2.05, 4.69) is 15.5 Å². The number of nitrogens with one attached hydrogen (secondary N) is 1. The van der Waals surface area contributed by atoms with Gasteiger partial charge in [-0.05, 0) is 30.5 Å². The second-order valence-electron chi connectivity index (χ2n) is 5.46. The minimum absolute atomic E-state index is 0.128. The van der Waals surface area contributed by atoms with E-state index in [-0.39, 0.29) is 17.9 Å². The summed E-state index contributed by atoms with van der Waals surface area (Å²) in [7, 11) is 0. The summed E-state index contributed by atoms with van der Waals surface area (Å²) in [6, 6.07) is 6.74. The molecule has 21 heavy (non-hydrogen) atoms. The molecule has 6 heteroatoms. The van der Waals surface area contributed by atoms with Crippen LogP contribution in [0, 0.1) is 5.82 Å². The predicted octanol–water partition coefficient (Wildman–Crippen LogP) is 2.23. The Morgan fingerprint density at radius 3 is 2.57 bits per heavy atom. The molecule has 0 saturated heterocycles. The maximum Gasteiger partial charge on any atom is 0.240 e. The lowest BCUT2D eigenvalue weighted by Crippen LogP contribution is -2.39. The van der Waals surface area contributed by atoms with Gasteiger partial charge in [0.15, 0.2) is 5.82 Å². The average Bonchev–Trinajstić information content (AvgIpc) is 3.16. The normalized spacial score (nSPS) is 17.2. The molecule has 1 aromatic carbocycles. The third-order valence-corrected chi connectivity index (χ3v) is 4.12. The van der Waals surface area contributed by atoms with E-state index in [1.165, 1.54) is 12.1 Å². The minimum Gasteiger partial charge on any atom is -0.338 e. The Morgan fingerprint density at radius 1 is 1.24 bits per heavy atom. The fourth-order valence-electron chi connectivity index (χ4n) is 3.01. The molecule has 5 nitrogen and oxygen atoms in total. The van der Waals surface area contributed by atoms with Gasteiger partial charge in [-0.15, -0.1) is 0 Å². The van der Waals surface area contributed by atoms with Gasteiger partial charge in [0.25, 0.3) is 0 Å². The SMILES string of the molecule is NCc1nc(CNC2(c3ccc(F)cc3)CCCC2)no1. The summed E-state index contributed by atoms with van der Waals surface area (Å²) in [4.78, 5) is 4.20. The first-order valence-electron chi connectivity index (χ1n) is 7.24. The number of halogens is 1. The highest BCUT2D eigenvalue weighted by molar-refractivity contribution is 5.26. The smallest absolute Gasteiger partial charge is 0.240 e. The van der Waals surface area contributed by atoms with Crippen molar-refractivity contribution in [2.45, 2.75) is 44.3 Å². The van der Waals surface area contributed by atoms with Crippen LogP contribution in [0.5, 0.6) is 0 Å². The van der Waals surface area contributed by atoms with E-state index in [0.29, 0.717) is 18.3 Å². The maximum atomic E-state index is 13.1. The summed E-state index contributed by atoms with van der Waals surface area (Å²) >= 11 is 0. The fraction of sp³-hybridized carbons (Fsp3) is 0.467. The zero-order valence-electron chi connectivity index (χ0n) is 11.8. The van der Waals surface area contributed by atoms with Crippen molar-refractivity contribution in [3.8, 4) is 0 Å². The molecular weight excluding hydrogens is 271 g/mol. The van der Waals surface area contributed by atoms with Crippen molar-refractivity contribution in [1.29, 1.82) is 0 Å². The molecule has 2 aromatic rings. The quantitative estimate of drug-likeness (QED) is 0.883. The standard InChI is InChI=1S/C15H19FN4O/c16-12-5-3-11(4-6-12)15(7-1-2-8-15)18-10-13-19-14(9-17)21-20-13/h3-6,18H,1-2,7-10,17H2. The molecule has 1 fully saturated rings. The summed E-state index contributed by atoms with van der Waals surface area (Å²) in [5.74, 6) is 0.829. The van der Waals surface area contributed by atoms with Crippen LogP contribution in [0.1, 0.15) is 43.0 Å². The third-order valence-electron chi connectivity index (χ3n) is 4.12. The molecule has 0 spiro atoms. The Hall–Kier alpha value is -1.79. The van der Waals surface area contributed by atoms with Crippen molar-refractivity contribution >= 4 is 0 Å². The zero-order chi connectivity index (χ0) is 14.7. The van der Waals surface area contributed by atoms with E-state index < -0.39 is 0 Å². The fourth-order valence-corrected chi connectivity index (χ4v) is 3.01. The third kappa shape index (κ3) is 2.96.